The summed E-state index contributed by atoms with van der Waals surface area (Å²) in [6.45, 7) is 6.12. The first-order valence-electron chi connectivity index (χ1n) is 7.05. The zero-order chi connectivity index (χ0) is 14.7. The van der Waals surface area contributed by atoms with Crippen molar-refractivity contribution in [1.29, 1.82) is 0 Å². The summed E-state index contributed by atoms with van der Waals surface area (Å²) in [5.74, 6) is 5.30. The van der Waals surface area contributed by atoms with Crippen molar-refractivity contribution in [2.45, 2.75) is 52.1 Å². The van der Waals surface area contributed by atoms with E-state index >= 15 is 0 Å². The van der Waals surface area contributed by atoms with Crippen LogP contribution in [-0.2, 0) is 0 Å². The van der Waals surface area contributed by atoms with E-state index in [4.69, 9.17) is 5.84 Å². The van der Waals surface area contributed by atoms with Gasteiger partial charge in [0.1, 0.15) is 0 Å². The van der Waals surface area contributed by atoms with Crippen LogP contribution in [0, 0.1) is 6.92 Å². The summed E-state index contributed by atoms with van der Waals surface area (Å²) in [5.41, 5.74) is 7.41. The molecule has 1 amide bonds. The molecular weight excluding hydrogens is 254 g/mol. The zero-order valence-electron chi connectivity index (χ0n) is 12.3. The van der Waals surface area contributed by atoms with Crippen molar-refractivity contribution in [2.75, 3.05) is 5.43 Å². The van der Waals surface area contributed by atoms with Gasteiger partial charge in [0.15, 0.2) is 0 Å². The van der Waals surface area contributed by atoms with Crippen molar-refractivity contribution in [2.24, 2.45) is 5.84 Å². The quantitative estimate of drug-likeness (QED) is 0.577. The van der Waals surface area contributed by atoms with Crippen molar-refractivity contribution in [1.82, 2.24) is 15.4 Å². The third kappa shape index (κ3) is 3.08. The Bertz CT molecular complexity index is 480. The van der Waals surface area contributed by atoms with E-state index < -0.39 is 0 Å². The lowest BCUT2D eigenvalue weighted by Gasteiger charge is -2.38. The monoisotopic (exact) mass is 277 g/mol. The van der Waals surface area contributed by atoms with Crippen LogP contribution < -0.4 is 16.7 Å². The number of hydrogen-bond donors (Lipinski definition) is 3. The molecule has 110 valence electrons. The topological polar surface area (TPSA) is 83.3 Å². The van der Waals surface area contributed by atoms with Gasteiger partial charge < -0.3 is 5.43 Å². The average molecular weight is 277 g/mol. The highest BCUT2D eigenvalue weighted by molar-refractivity contribution is 5.99. The highest BCUT2D eigenvalue weighted by Crippen LogP contribution is 2.21. The summed E-state index contributed by atoms with van der Waals surface area (Å²) in [6.07, 6.45) is 4.95. The fraction of sp³-hybridized carbons (Fsp3) is 0.571. The van der Waals surface area contributed by atoms with Gasteiger partial charge in [-0.05, 0) is 39.7 Å². The molecule has 1 aromatic rings. The maximum absolute atomic E-state index is 12.4. The van der Waals surface area contributed by atoms with Crippen LogP contribution >= 0.6 is 0 Å². The first-order valence-corrected chi connectivity index (χ1v) is 7.05. The van der Waals surface area contributed by atoms with Gasteiger partial charge in [-0.2, -0.15) is 0 Å². The van der Waals surface area contributed by atoms with Crippen LogP contribution in [0.4, 0.5) is 5.69 Å². The molecular formula is C14H23N5O. The van der Waals surface area contributed by atoms with Gasteiger partial charge >= 0.3 is 0 Å². The predicted molar refractivity (Wildman–Crippen MR) is 78.9 cm³/mol. The lowest BCUT2D eigenvalue weighted by molar-refractivity contribution is 0.0370. The van der Waals surface area contributed by atoms with Crippen LogP contribution in [0.5, 0.6) is 0 Å². The van der Waals surface area contributed by atoms with E-state index in [2.05, 4.69) is 29.7 Å². The predicted octanol–water partition coefficient (Wildman–Crippen LogP) is 1.58. The zero-order valence-corrected chi connectivity index (χ0v) is 12.3. The van der Waals surface area contributed by atoms with E-state index in [1.54, 1.807) is 12.3 Å². The number of aryl methyl sites for hydroxylation is 1. The SMILES string of the molecule is Cc1cc(NN)c(C(=O)NN2C(C)CCCC2C)cn1. The molecule has 0 radical (unpaired) electrons. The molecule has 20 heavy (non-hydrogen) atoms. The van der Waals surface area contributed by atoms with Gasteiger partial charge in [-0.15, -0.1) is 0 Å². The van der Waals surface area contributed by atoms with E-state index in [0.717, 1.165) is 18.5 Å². The van der Waals surface area contributed by atoms with Crippen LogP contribution in [0.25, 0.3) is 0 Å². The van der Waals surface area contributed by atoms with Crippen LogP contribution in [0.2, 0.25) is 0 Å². The van der Waals surface area contributed by atoms with Crippen LogP contribution in [-0.4, -0.2) is 28.0 Å². The number of hydrogen-bond acceptors (Lipinski definition) is 5. The van der Waals surface area contributed by atoms with E-state index in [9.17, 15) is 4.79 Å². The molecule has 0 saturated carbocycles. The van der Waals surface area contributed by atoms with Gasteiger partial charge in [0, 0.05) is 24.0 Å². The third-order valence-electron chi connectivity index (χ3n) is 3.86. The fourth-order valence-electron chi connectivity index (χ4n) is 2.68. The summed E-state index contributed by atoms with van der Waals surface area (Å²) < 4.78 is 0. The molecule has 2 atom stereocenters. The van der Waals surface area contributed by atoms with Crippen molar-refractivity contribution < 1.29 is 4.79 Å². The van der Waals surface area contributed by atoms with Crippen molar-refractivity contribution in [3.63, 3.8) is 0 Å². The number of anilines is 1. The number of hydrazine groups is 2. The minimum Gasteiger partial charge on any atom is -0.323 e. The summed E-state index contributed by atoms with van der Waals surface area (Å²) >= 11 is 0. The molecule has 1 aliphatic rings. The van der Waals surface area contributed by atoms with Gasteiger partial charge in [-0.1, -0.05) is 6.42 Å². The van der Waals surface area contributed by atoms with Crippen LogP contribution in [0.15, 0.2) is 12.3 Å². The molecule has 1 aliphatic heterocycles. The lowest BCUT2D eigenvalue weighted by Crippen LogP contribution is -2.54. The Kier molecular flexibility index (Phi) is 4.57. The Balaban J connectivity index is 2.15. The largest absolute Gasteiger partial charge is 0.323 e. The average Bonchev–Trinajstić information content (AvgIpc) is 2.42. The molecule has 2 heterocycles. The number of pyridine rings is 1. The molecule has 0 aliphatic carbocycles. The maximum atomic E-state index is 12.4. The molecule has 1 fully saturated rings. The molecule has 0 aromatic carbocycles. The Morgan fingerprint density at radius 1 is 1.40 bits per heavy atom. The molecule has 0 spiro atoms. The van der Waals surface area contributed by atoms with Gasteiger partial charge in [0.2, 0.25) is 0 Å². The minimum absolute atomic E-state index is 0.175. The number of nitrogens with two attached hydrogens (primary N) is 1. The molecule has 1 aromatic heterocycles. The second-order valence-corrected chi connectivity index (χ2v) is 5.49. The first-order chi connectivity index (χ1) is 9.52. The molecule has 6 nitrogen and oxygen atoms in total. The Morgan fingerprint density at radius 3 is 2.65 bits per heavy atom. The number of nitrogens with zero attached hydrogens (tertiary/aromatic N) is 2. The minimum atomic E-state index is -0.175. The summed E-state index contributed by atoms with van der Waals surface area (Å²) in [7, 11) is 0. The van der Waals surface area contributed by atoms with Gasteiger partial charge in [-0.25, -0.2) is 5.01 Å². The van der Waals surface area contributed by atoms with Crippen molar-refractivity contribution in [3.8, 4) is 0 Å². The molecule has 2 rings (SSSR count). The van der Waals surface area contributed by atoms with E-state index in [0.29, 0.717) is 23.3 Å². The number of nitrogen functional groups attached to an aromatic ring is 1. The van der Waals surface area contributed by atoms with E-state index in [-0.39, 0.29) is 5.91 Å². The third-order valence-corrected chi connectivity index (χ3v) is 3.86. The normalized spacial score (nSPS) is 23.4. The summed E-state index contributed by atoms with van der Waals surface area (Å²) in [4.78, 5) is 16.6. The number of carbonyl (C=O) groups excluding carboxylic acids is 1. The molecule has 4 N–H and O–H groups in total. The van der Waals surface area contributed by atoms with E-state index in [1.807, 2.05) is 11.9 Å². The number of amides is 1. The van der Waals surface area contributed by atoms with Gasteiger partial charge in [-0.3, -0.25) is 21.0 Å². The number of carbonyl (C=O) groups is 1. The Morgan fingerprint density at radius 2 is 2.05 bits per heavy atom. The highest BCUT2D eigenvalue weighted by Gasteiger charge is 2.27. The molecule has 2 unspecified atom stereocenters. The van der Waals surface area contributed by atoms with Crippen molar-refractivity contribution >= 4 is 11.6 Å². The van der Waals surface area contributed by atoms with E-state index in [1.165, 1.54) is 6.42 Å². The number of piperidine rings is 1. The highest BCUT2D eigenvalue weighted by atomic mass is 16.2. The van der Waals surface area contributed by atoms with Gasteiger partial charge in [0.05, 0.1) is 11.3 Å². The lowest BCUT2D eigenvalue weighted by atomic mass is 10.00. The first kappa shape index (κ1) is 14.7. The van der Waals surface area contributed by atoms with Crippen LogP contribution in [0.3, 0.4) is 0 Å². The second-order valence-electron chi connectivity index (χ2n) is 5.49. The van der Waals surface area contributed by atoms with Gasteiger partial charge in [0.25, 0.3) is 5.91 Å². The van der Waals surface area contributed by atoms with Crippen LogP contribution in [0.1, 0.15) is 49.2 Å². The number of rotatable bonds is 3. The Hall–Kier alpha value is -1.66. The summed E-state index contributed by atoms with van der Waals surface area (Å²) in [6, 6.07) is 2.45. The number of nitrogens with one attached hydrogen (secondary N) is 2. The molecule has 1 saturated heterocycles. The fourth-order valence-corrected chi connectivity index (χ4v) is 2.68. The maximum Gasteiger partial charge on any atom is 0.269 e. The Labute approximate surface area is 119 Å². The molecule has 0 bridgehead atoms. The number of aromatic nitrogens is 1. The second kappa shape index (κ2) is 6.19. The standard InChI is InChI=1S/C14H23N5O/c1-9-7-13(17-15)12(8-16-9)14(20)18-19-10(2)5-4-6-11(19)3/h7-8,10-11H,4-6,15H2,1-3H3,(H,16,17)(H,18,20). The van der Waals surface area contributed by atoms with Crippen molar-refractivity contribution in [3.05, 3.63) is 23.5 Å². The smallest absolute Gasteiger partial charge is 0.269 e. The summed E-state index contributed by atoms with van der Waals surface area (Å²) in [5, 5.41) is 2.03. The molecule has 6 heteroatoms.